The predicted molar refractivity (Wildman–Crippen MR) is 143 cm³/mol. The zero-order valence-corrected chi connectivity index (χ0v) is 22.5. The number of thioether (sulfide) groups is 1. The number of nitrogens with one attached hydrogen (secondary N) is 3. The van der Waals surface area contributed by atoms with Crippen molar-refractivity contribution in [2.45, 2.75) is 84.8 Å². The highest BCUT2D eigenvalue weighted by atomic mass is 32.2. The molecule has 0 fully saturated rings. The number of Topliss-reactive ketones (excluding diaryl/α,β-unsaturated/α-hetero) is 1. The molecule has 0 aliphatic carbocycles. The quantitative estimate of drug-likeness (QED) is 0.332. The number of hydrogen-bond acceptors (Lipinski definition) is 7. The minimum Gasteiger partial charge on any atom is -0.412 e. The van der Waals surface area contributed by atoms with E-state index >= 15 is 0 Å². The Morgan fingerprint density at radius 3 is 2.43 bits per heavy atom. The summed E-state index contributed by atoms with van der Waals surface area (Å²) in [5, 5.41) is 14.7. The number of carbonyl (C=O) groups excluding carboxylic acids is 2. The van der Waals surface area contributed by atoms with Gasteiger partial charge in [0.2, 0.25) is 5.91 Å². The Balaban J connectivity index is 0.000000784. The Labute approximate surface area is 214 Å². The summed E-state index contributed by atoms with van der Waals surface area (Å²) in [6.07, 6.45) is 5.67. The number of carbonyl (C=O) groups is 2. The number of amides is 1. The topological polar surface area (TPSA) is 99.7 Å². The number of ketones is 1. The highest BCUT2D eigenvalue weighted by molar-refractivity contribution is 8.08. The third kappa shape index (κ3) is 12.3. The first-order chi connectivity index (χ1) is 16.5. The molecule has 0 radical (unpaired) electrons. The van der Waals surface area contributed by atoms with Gasteiger partial charge in [-0.25, -0.2) is 0 Å². The molecular formula is C27H41N3O4S. The molecule has 7 nitrogen and oxygen atoms in total. The normalized spacial score (nSPS) is 17.2. The van der Waals surface area contributed by atoms with Crippen molar-refractivity contribution in [1.82, 2.24) is 16.1 Å². The molecule has 2 aliphatic heterocycles. The lowest BCUT2D eigenvalue weighted by molar-refractivity contribution is -0.121. The standard InChI is InChI=1S/C23H31N3O3S.C4H10O/c1-16-13-21(29-26-16)14-22(28)24-12-4-3-5-20(27)11-8-18-6-9-19(10-7-18)23-17(2)25-15-30-23;1-4(2,3)5/h6-7,9-10,13,16,25-26H,3-5,8,11-12,14-15H2,1-2H3,(H,24,28);5H,1-3H3. The van der Waals surface area contributed by atoms with Gasteiger partial charge in [-0.3, -0.25) is 9.59 Å². The maximum atomic E-state index is 12.2. The van der Waals surface area contributed by atoms with Crippen molar-refractivity contribution in [1.29, 1.82) is 0 Å². The van der Waals surface area contributed by atoms with Crippen LogP contribution in [0.4, 0.5) is 0 Å². The van der Waals surface area contributed by atoms with Crippen LogP contribution in [0, 0.1) is 0 Å². The third-order valence-corrected chi connectivity index (χ3v) is 6.27. The van der Waals surface area contributed by atoms with Crippen LogP contribution in [0.1, 0.15) is 77.8 Å². The molecule has 1 aromatic carbocycles. The smallest absolute Gasteiger partial charge is 0.227 e. The summed E-state index contributed by atoms with van der Waals surface area (Å²) >= 11 is 1.83. The maximum Gasteiger partial charge on any atom is 0.227 e. The SMILES string of the molecule is CC(C)(C)O.CC1=C(c2ccc(CCC(=O)CCCCNC(=O)CC3=CC(C)NO3)cc2)SCN1. The van der Waals surface area contributed by atoms with E-state index in [4.69, 9.17) is 9.94 Å². The van der Waals surface area contributed by atoms with E-state index in [9.17, 15) is 9.59 Å². The Hall–Kier alpha value is -2.29. The molecule has 1 unspecified atom stereocenters. The summed E-state index contributed by atoms with van der Waals surface area (Å²) in [6.45, 7) is 9.88. The number of unbranched alkanes of at least 4 members (excludes halogenated alkanes) is 1. The van der Waals surface area contributed by atoms with Crippen LogP contribution in [0.2, 0.25) is 0 Å². The number of hydroxylamine groups is 1. The lowest BCUT2D eigenvalue weighted by atomic mass is 10.0. The zero-order chi connectivity index (χ0) is 25.8. The molecule has 35 heavy (non-hydrogen) atoms. The van der Waals surface area contributed by atoms with E-state index in [0.717, 1.165) is 25.1 Å². The van der Waals surface area contributed by atoms with Crippen molar-refractivity contribution in [2.24, 2.45) is 0 Å². The van der Waals surface area contributed by atoms with Gasteiger partial charge in [-0.1, -0.05) is 24.3 Å². The van der Waals surface area contributed by atoms with Gasteiger partial charge in [-0.15, -0.1) is 11.8 Å². The van der Waals surface area contributed by atoms with Gasteiger partial charge in [-0.05, 0) is 71.1 Å². The number of aliphatic hydroxyl groups is 1. The first-order valence-corrected chi connectivity index (χ1v) is 13.3. The third-order valence-electron chi connectivity index (χ3n) is 5.15. The summed E-state index contributed by atoms with van der Waals surface area (Å²) in [7, 11) is 0. The first kappa shape index (κ1) is 28.9. The van der Waals surface area contributed by atoms with Gasteiger partial charge in [0.15, 0.2) is 0 Å². The van der Waals surface area contributed by atoms with Crippen LogP contribution in [0.3, 0.4) is 0 Å². The second-order valence-electron chi connectivity index (χ2n) is 9.95. The van der Waals surface area contributed by atoms with Crippen LogP contribution < -0.4 is 16.1 Å². The maximum absolute atomic E-state index is 12.2. The molecule has 1 amide bonds. The van der Waals surface area contributed by atoms with Crippen LogP contribution in [-0.2, 0) is 20.8 Å². The average Bonchev–Trinajstić information content (AvgIpc) is 3.39. The first-order valence-electron chi connectivity index (χ1n) is 12.3. The van der Waals surface area contributed by atoms with Crippen LogP contribution >= 0.6 is 11.8 Å². The Bertz CT molecular complexity index is 898. The Morgan fingerprint density at radius 1 is 1.17 bits per heavy atom. The molecule has 1 atom stereocenters. The molecule has 2 aliphatic rings. The van der Waals surface area contributed by atoms with Gasteiger partial charge in [0.25, 0.3) is 0 Å². The highest BCUT2D eigenvalue weighted by Gasteiger charge is 2.15. The molecule has 3 rings (SSSR count). The fourth-order valence-electron chi connectivity index (χ4n) is 3.44. The average molecular weight is 504 g/mol. The van der Waals surface area contributed by atoms with Crippen LogP contribution in [0.5, 0.6) is 0 Å². The van der Waals surface area contributed by atoms with Crippen LogP contribution in [0.25, 0.3) is 4.91 Å². The number of allylic oxidation sites excluding steroid dienone is 1. The number of benzene rings is 1. The van der Waals surface area contributed by atoms with Crippen LogP contribution in [-0.4, -0.2) is 40.9 Å². The molecule has 0 aromatic heterocycles. The van der Waals surface area contributed by atoms with E-state index in [2.05, 4.69) is 47.3 Å². The Morgan fingerprint density at radius 2 is 1.86 bits per heavy atom. The molecule has 0 saturated carbocycles. The van der Waals surface area contributed by atoms with Gasteiger partial charge in [0, 0.05) is 30.0 Å². The van der Waals surface area contributed by atoms with Crippen LogP contribution in [0.15, 0.2) is 41.8 Å². The van der Waals surface area contributed by atoms with Gasteiger partial charge in [0.05, 0.1) is 23.9 Å². The van der Waals surface area contributed by atoms with Crippen molar-refractivity contribution in [3.8, 4) is 0 Å². The minimum atomic E-state index is -0.500. The monoisotopic (exact) mass is 503 g/mol. The lowest BCUT2D eigenvalue weighted by Gasteiger charge is -2.07. The second-order valence-corrected chi connectivity index (χ2v) is 10.9. The summed E-state index contributed by atoms with van der Waals surface area (Å²) in [4.78, 5) is 30.5. The second kappa shape index (κ2) is 14.3. The molecule has 4 N–H and O–H groups in total. The lowest BCUT2D eigenvalue weighted by Crippen LogP contribution is -2.25. The molecule has 194 valence electrons. The van der Waals surface area contributed by atoms with E-state index in [0.29, 0.717) is 25.1 Å². The largest absolute Gasteiger partial charge is 0.412 e. The van der Waals surface area contributed by atoms with E-state index in [1.165, 1.54) is 21.7 Å². The fraction of sp³-hybridized carbons (Fsp3) is 0.556. The van der Waals surface area contributed by atoms with Gasteiger partial charge in [0.1, 0.15) is 11.5 Å². The molecule has 0 spiro atoms. The van der Waals surface area contributed by atoms with Gasteiger partial charge < -0.3 is 20.6 Å². The fourth-order valence-corrected chi connectivity index (χ4v) is 4.47. The van der Waals surface area contributed by atoms with E-state index < -0.39 is 5.60 Å². The number of hydrogen-bond donors (Lipinski definition) is 4. The van der Waals surface area contributed by atoms with Gasteiger partial charge >= 0.3 is 0 Å². The van der Waals surface area contributed by atoms with Crippen molar-refractivity contribution in [3.05, 3.63) is 52.9 Å². The molecular weight excluding hydrogens is 462 g/mol. The van der Waals surface area contributed by atoms with Crippen molar-refractivity contribution in [2.75, 3.05) is 12.4 Å². The summed E-state index contributed by atoms with van der Waals surface area (Å²) in [5.74, 6) is 1.83. The predicted octanol–water partition coefficient (Wildman–Crippen LogP) is 4.43. The molecule has 8 heteroatoms. The van der Waals surface area contributed by atoms with Crippen molar-refractivity contribution >= 4 is 28.4 Å². The van der Waals surface area contributed by atoms with Gasteiger partial charge in [-0.2, -0.15) is 5.48 Å². The highest BCUT2D eigenvalue weighted by Crippen LogP contribution is 2.33. The summed E-state index contributed by atoms with van der Waals surface area (Å²) in [5.41, 5.74) is 5.95. The summed E-state index contributed by atoms with van der Waals surface area (Å²) in [6, 6.07) is 8.67. The molecule has 0 bridgehead atoms. The summed E-state index contributed by atoms with van der Waals surface area (Å²) < 4.78 is 0. The zero-order valence-electron chi connectivity index (χ0n) is 21.7. The van der Waals surface area contributed by atoms with Crippen molar-refractivity contribution in [3.63, 3.8) is 0 Å². The number of rotatable bonds is 11. The Kier molecular flexibility index (Phi) is 11.8. The number of aryl methyl sites for hydroxylation is 1. The van der Waals surface area contributed by atoms with Crippen molar-refractivity contribution < 1.29 is 19.5 Å². The molecule has 1 aromatic rings. The minimum absolute atomic E-state index is 0.0512. The van der Waals surface area contributed by atoms with E-state index in [1.54, 1.807) is 20.8 Å². The molecule has 0 saturated heterocycles. The van der Waals surface area contributed by atoms with E-state index in [1.807, 2.05) is 24.8 Å². The molecule has 2 heterocycles. The van der Waals surface area contributed by atoms with E-state index in [-0.39, 0.29) is 24.2 Å².